The van der Waals surface area contributed by atoms with Crippen LogP contribution < -0.4 is 10.5 Å². The molecular formula is C26H25N7O2. The Hall–Kier alpha value is -4.27. The lowest BCUT2D eigenvalue weighted by Gasteiger charge is -2.21. The lowest BCUT2D eigenvalue weighted by Crippen LogP contribution is -2.22. The first kappa shape index (κ1) is 21.3. The second kappa shape index (κ2) is 8.83. The van der Waals surface area contributed by atoms with Gasteiger partial charge >= 0.3 is 0 Å². The summed E-state index contributed by atoms with van der Waals surface area (Å²) in [4.78, 5) is 26.6. The van der Waals surface area contributed by atoms with Gasteiger partial charge in [0.15, 0.2) is 17.5 Å². The predicted molar refractivity (Wildman–Crippen MR) is 132 cm³/mol. The average Bonchev–Trinajstić information content (AvgIpc) is 3.27. The van der Waals surface area contributed by atoms with Crippen molar-refractivity contribution in [1.29, 1.82) is 0 Å². The van der Waals surface area contributed by atoms with Crippen LogP contribution in [0.1, 0.15) is 12.3 Å². The summed E-state index contributed by atoms with van der Waals surface area (Å²) in [5, 5.41) is 3.48. The summed E-state index contributed by atoms with van der Waals surface area (Å²) in [5.41, 5.74) is 4.72. The number of aryl methyl sites for hydroxylation is 1. The van der Waals surface area contributed by atoms with E-state index in [1.807, 2.05) is 0 Å². The predicted octanol–water partition coefficient (Wildman–Crippen LogP) is 3.37. The third-order valence-corrected chi connectivity index (χ3v) is 6.71. The summed E-state index contributed by atoms with van der Waals surface area (Å²) in [7, 11) is 1.75. The molecular weight excluding hydrogens is 442 g/mol. The average molecular weight is 468 g/mol. The van der Waals surface area contributed by atoms with Crippen molar-refractivity contribution in [2.24, 2.45) is 18.9 Å². The Morgan fingerprint density at radius 1 is 0.943 bits per heavy atom. The van der Waals surface area contributed by atoms with E-state index < -0.39 is 0 Å². The number of piperidine rings is 1. The minimum absolute atomic E-state index is 0.187. The van der Waals surface area contributed by atoms with Gasteiger partial charge in [-0.2, -0.15) is 4.98 Å². The van der Waals surface area contributed by atoms with Gasteiger partial charge in [-0.25, -0.2) is 9.97 Å². The van der Waals surface area contributed by atoms with Gasteiger partial charge in [0, 0.05) is 25.8 Å². The molecule has 0 spiro atoms. The lowest BCUT2D eigenvalue weighted by molar-refractivity contribution is 0.368. The molecule has 1 aliphatic carbocycles. The highest BCUT2D eigenvalue weighted by atomic mass is 16.5. The van der Waals surface area contributed by atoms with E-state index in [0.29, 0.717) is 17.1 Å². The van der Waals surface area contributed by atoms with Gasteiger partial charge in [-0.15, -0.1) is 0 Å². The summed E-state index contributed by atoms with van der Waals surface area (Å²) in [6.07, 6.45) is 5.73. The van der Waals surface area contributed by atoms with Gasteiger partial charge in [0.2, 0.25) is 5.89 Å². The molecule has 1 aliphatic heterocycles. The van der Waals surface area contributed by atoms with E-state index in [0.717, 1.165) is 11.8 Å². The number of nitrogens with zero attached hydrogens (tertiary/aromatic N) is 7. The molecule has 0 bridgehead atoms. The maximum Gasteiger partial charge on any atom is 0.280 e. The van der Waals surface area contributed by atoms with Crippen molar-refractivity contribution in [1.82, 2.24) is 29.2 Å². The van der Waals surface area contributed by atoms with Crippen molar-refractivity contribution in [3.05, 3.63) is 89.8 Å². The summed E-state index contributed by atoms with van der Waals surface area (Å²) >= 11 is 0. The minimum atomic E-state index is -0.187. The van der Waals surface area contributed by atoms with Crippen molar-refractivity contribution in [2.75, 3.05) is 18.0 Å². The van der Waals surface area contributed by atoms with E-state index in [2.05, 4.69) is 79.6 Å². The molecule has 1 saturated heterocycles. The van der Waals surface area contributed by atoms with E-state index >= 15 is 0 Å². The first-order valence-electron chi connectivity index (χ1n) is 11.7. The van der Waals surface area contributed by atoms with Crippen LogP contribution >= 0.6 is 0 Å². The molecule has 5 aromatic rings. The zero-order valence-corrected chi connectivity index (χ0v) is 19.4. The molecule has 2 fully saturated rings. The van der Waals surface area contributed by atoms with Crippen molar-refractivity contribution in [2.45, 2.75) is 13.0 Å². The van der Waals surface area contributed by atoms with Gasteiger partial charge in [0.1, 0.15) is 12.9 Å². The van der Waals surface area contributed by atoms with Gasteiger partial charge in [-0.05, 0) is 41.5 Å². The Labute approximate surface area is 201 Å². The zero-order valence-electron chi connectivity index (χ0n) is 19.4. The molecule has 0 unspecified atom stereocenters. The number of aromatic nitrogens is 6. The molecule has 9 heteroatoms. The molecule has 4 heterocycles. The summed E-state index contributed by atoms with van der Waals surface area (Å²) in [6.45, 7) is 2.73. The standard InChI is InChI=1S/C17H17N.C9H8N6O2/c1-2-5-13(6-3-1)14-7-4-8-17(10-14)18-11-15-9-16(15)12-18;1-14-4-11-8-7(14)9(16)15(5-12-8)2-6-10-3-13-17-6/h1-8,10,15-16H,9,11-12H2;3-5H,2H2,1H3/t15-,16+;. The molecule has 0 amide bonds. The van der Waals surface area contributed by atoms with Crippen LogP contribution in [-0.2, 0) is 13.6 Å². The van der Waals surface area contributed by atoms with Gasteiger partial charge in [-0.3, -0.25) is 9.36 Å². The highest BCUT2D eigenvalue weighted by molar-refractivity contribution is 5.69. The second-order valence-electron chi connectivity index (χ2n) is 9.12. The van der Waals surface area contributed by atoms with E-state index in [1.54, 1.807) is 17.9 Å². The number of imidazole rings is 1. The smallest absolute Gasteiger partial charge is 0.280 e. The molecule has 2 aromatic carbocycles. The van der Waals surface area contributed by atoms with Gasteiger partial charge in [0.25, 0.3) is 5.56 Å². The first-order chi connectivity index (χ1) is 17.2. The van der Waals surface area contributed by atoms with Crippen LogP contribution in [0.15, 0.2) is 82.9 Å². The van der Waals surface area contributed by atoms with Crippen LogP contribution in [0.3, 0.4) is 0 Å². The fourth-order valence-corrected chi connectivity index (χ4v) is 4.72. The van der Waals surface area contributed by atoms with Gasteiger partial charge in [0.05, 0.1) is 6.33 Å². The Balaban J connectivity index is 0.000000131. The third kappa shape index (κ3) is 4.32. The van der Waals surface area contributed by atoms with Crippen LogP contribution in [0.25, 0.3) is 22.3 Å². The van der Waals surface area contributed by atoms with E-state index in [-0.39, 0.29) is 12.1 Å². The second-order valence-corrected chi connectivity index (χ2v) is 9.12. The van der Waals surface area contributed by atoms with Crippen molar-refractivity contribution < 1.29 is 4.52 Å². The maximum absolute atomic E-state index is 12.1. The fraction of sp³-hybridized carbons (Fsp3) is 0.269. The van der Waals surface area contributed by atoms with Crippen LogP contribution in [0.5, 0.6) is 0 Å². The number of hydrogen-bond acceptors (Lipinski definition) is 7. The zero-order chi connectivity index (χ0) is 23.8. The number of anilines is 1. The van der Waals surface area contributed by atoms with E-state index in [4.69, 9.17) is 4.52 Å². The van der Waals surface area contributed by atoms with Crippen molar-refractivity contribution >= 4 is 16.9 Å². The molecule has 0 N–H and O–H groups in total. The Bertz CT molecular complexity index is 1500. The Morgan fingerprint density at radius 2 is 1.71 bits per heavy atom. The topological polar surface area (TPSA) is 94.9 Å². The Kier molecular flexibility index (Phi) is 5.36. The summed E-state index contributed by atoms with van der Waals surface area (Å²) < 4.78 is 7.88. The van der Waals surface area contributed by atoms with Crippen LogP contribution in [0.4, 0.5) is 5.69 Å². The van der Waals surface area contributed by atoms with Crippen LogP contribution in [0.2, 0.25) is 0 Å². The summed E-state index contributed by atoms with van der Waals surface area (Å²) in [6, 6.07) is 19.6. The Morgan fingerprint density at radius 3 is 2.49 bits per heavy atom. The number of fused-ring (bicyclic) bond motifs is 2. The van der Waals surface area contributed by atoms with E-state index in [9.17, 15) is 4.79 Å². The van der Waals surface area contributed by atoms with Gasteiger partial charge < -0.3 is 14.0 Å². The summed E-state index contributed by atoms with van der Waals surface area (Å²) in [5.74, 6) is 2.34. The molecule has 176 valence electrons. The third-order valence-electron chi connectivity index (χ3n) is 6.71. The molecule has 1 saturated carbocycles. The van der Waals surface area contributed by atoms with E-state index in [1.165, 1.54) is 53.5 Å². The van der Waals surface area contributed by atoms with Crippen molar-refractivity contribution in [3.8, 4) is 11.1 Å². The molecule has 2 aliphatic rings. The normalized spacial score (nSPS) is 18.3. The SMILES string of the molecule is Cn1cnc2ncn(Cc3ncno3)c(=O)c21.c1ccc(-c2cccc(N3C[C@H]4C[C@H]4C3)c2)cc1. The largest absolute Gasteiger partial charge is 0.371 e. The molecule has 9 nitrogen and oxygen atoms in total. The quantitative estimate of drug-likeness (QED) is 0.400. The van der Waals surface area contributed by atoms with Crippen molar-refractivity contribution in [3.63, 3.8) is 0 Å². The highest BCUT2D eigenvalue weighted by Gasteiger charge is 2.45. The number of rotatable bonds is 4. The fourth-order valence-electron chi connectivity index (χ4n) is 4.72. The molecule has 35 heavy (non-hydrogen) atoms. The van der Waals surface area contributed by atoms with Crippen LogP contribution in [-0.4, -0.2) is 42.3 Å². The molecule has 0 radical (unpaired) electrons. The number of benzene rings is 2. The molecule has 2 atom stereocenters. The maximum atomic E-state index is 12.1. The minimum Gasteiger partial charge on any atom is -0.371 e. The highest BCUT2D eigenvalue weighted by Crippen LogP contribution is 2.46. The first-order valence-corrected chi connectivity index (χ1v) is 11.7. The van der Waals surface area contributed by atoms with Crippen LogP contribution in [0, 0.1) is 11.8 Å². The molecule has 3 aromatic heterocycles. The molecule has 7 rings (SSSR count). The number of hydrogen-bond donors (Lipinski definition) is 0. The van der Waals surface area contributed by atoms with Gasteiger partial charge in [-0.1, -0.05) is 47.6 Å². The monoisotopic (exact) mass is 467 g/mol. The lowest BCUT2D eigenvalue weighted by atomic mass is 10.1.